The maximum atomic E-state index is 5.96. The van der Waals surface area contributed by atoms with Gasteiger partial charge in [0.2, 0.25) is 0 Å². The quantitative estimate of drug-likeness (QED) is 0.284. The fourth-order valence-electron chi connectivity index (χ4n) is 2.79. The zero-order chi connectivity index (χ0) is 19.3. The molecule has 0 aromatic heterocycles. The zero-order valence-corrected chi connectivity index (χ0v) is 18.0. The van der Waals surface area contributed by atoms with E-state index in [1.54, 1.807) is 21.6 Å². The van der Waals surface area contributed by atoms with Gasteiger partial charge in [-0.25, -0.2) is 0 Å². The number of benzene rings is 4. The van der Waals surface area contributed by atoms with Gasteiger partial charge in [0.1, 0.15) is 0 Å². The van der Waals surface area contributed by atoms with E-state index in [2.05, 4.69) is 48.5 Å². The van der Waals surface area contributed by atoms with Crippen LogP contribution in [0.5, 0.6) is 0 Å². The van der Waals surface area contributed by atoms with Crippen LogP contribution in [0, 0.1) is 0 Å². The molecule has 0 aliphatic rings. The molecule has 0 saturated carbocycles. The third kappa shape index (κ3) is 4.95. The first-order valence-electron chi connectivity index (χ1n) is 8.74. The number of halogens is 2. The minimum absolute atomic E-state index is 0.759. The Bertz CT molecular complexity index is 951. The Balaban J connectivity index is 1.39. The molecule has 4 aromatic carbocycles. The minimum atomic E-state index is 0.759. The molecule has 0 N–H and O–H groups in total. The van der Waals surface area contributed by atoms with Crippen LogP contribution in [-0.4, -0.2) is 0 Å². The molecule has 4 rings (SSSR count). The molecular formula is C24H16Cl2S2. The molecule has 0 unspecified atom stereocenters. The lowest BCUT2D eigenvalue weighted by Crippen LogP contribution is -1.78. The van der Waals surface area contributed by atoms with E-state index in [1.807, 2.05) is 48.5 Å². The fraction of sp³-hybridized carbons (Fsp3) is 0. The van der Waals surface area contributed by atoms with Crippen LogP contribution in [0.4, 0.5) is 0 Å². The Morgan fingerprint density at radius 2 is 0.607 bits per heavy atom. The fourth-order valence-corrected chi connectivity index (χ4v) is 4.97. The average Bonchev–Trinajstić information content (AvgIpc) is 2.74. The molecule has 4 aromatic rings. The van der Waals surface area contributed by atoms with Crippen LogP contribution in [0.3, 0.4) is 0 Å². The summed E-state index contributed by atoms with van der Waals surface area (Å²) < 4.78 is 0. The third-order valence-electron chi connectivity index (χ3n) is 4.30. The Labute approximate surface area is 183 Å². The molecule has 0 bridgehead atoms. The van der Waals surface area contributed by atoms with Crippen LogP contribution in [0.2, 0.25) is 10.0 Å². The van der Waals surface area contributed by atoms with Crippen LogP contribution in [0.15, 0.2) is 107 Å². The van der Waals surface area contributed by atoms with E-state index in [0.29, 0.717) is 0 Å². The van der Waals surface area contributed by atoms with Gasteiger partial charge in [-0.1, -0.05) is 93.3 Å². The molecule has 0 aliphatic heterocycles. The summed E-state index contributed by atoms with van der Waals surface area (Å²) in [6, 6.07) is 33.1. The molecule has 0 amide bonds. The van der Waals surface area contributed by atoms with Gasteiger partial charge in [-0.2, -0.15) is 0 Å². The summed E-state index contributed by atoms with van der Waals surface area (Å²) in [5, 5.41) is 1.52. The van der Waals surface area contributed by atoms with Gasteiger partial charge < -0.3 is 0 Å². The van der Waals surface area contributed by atoms with Crippen molar-refractivity contribution in [2.24, 2.45) is 0 Å². The average molecular weight is 439 g/mol. The lowest BCUT2D eigenvalue weighted by atomic mass is 10.1. The summed E-state index contributed by atoms with van der Waals surface area (Å²) in [5.74, 6) is 0. The van der Waals surface area contributed by atoms with Gasteiger partial charge in [0.25, 0.3) is 0 Å². The molecule has 4 heteroatoms. The van der Waals surface area contributed by atoms with Gasteiger partial charge in [-0.3, -0.25) is 0 Å². The van der Waals surface area contributed by atoms with Crippen molar-refractivity contribution in [3.05, 3.63) is 107 Å². The molecule has 0 aliphatic carbocycles. The number of hydrogen-bond acceptors (Lipinski definition) is 2. The predicted molar refractivity (Wildman–Crippen MR) is 125 cm³/mol. The smallest absolute Gasteiger partial charge is 0.0406 e. The second kappa shape index (κ2) is 9.11. The SMILES string of the molecule is Clc1ccc(-c2ccc(SSc3ccc(-c4ccc(Cl)cc4)cc3)cc2)cc1. The van der Waals surface area contributed by atoms with Crippen molar-refractivity contribution in [1.82, 2.24) is 0 Å². The highest BCUT2D eigenvalue weighted by Gasteiger charge is 2.02. The summed E-state index contributed by atoms with van der Waals surface area (Å²) in [6.07, 6.45) is 0. The normalized spacial score (nSPS) is 10.8. The van der Waals surface area contributed by atoms with Crippen molar-refractivity contribution in [2.45, 2.75) is 9.79 Å². The van der Waals surface area contributed by atoms with Gasteiger partial charge in [0, 0.05) is 19.8 Å². The summed E-state index contributed by atoms with van der Waals surface area (Å²) in [7, 11) is 3.52. The topological polar surface area (TPSA) is 0 Å². The highest BCUT2D eigenvalue weighted by Crippen LogP contribution is 2.38. The van der Waals surface area contributed by atoms with Crippen LogP contribution < -0.4 is 0 Å². The van der Waals surface area contributed by atoms with E-state index in [9.17, 15) is 0 Å². The van der Waals surface area contributed by atoms with E-state index < -0.39 is 0 Å². The van der Waals surface area contributed by atoms with Gasteiger partial charge in [0.05, 0.1) is 0 Å². The lowest BCUT2D eigenvalue weighted by molar-refractivity contribution is 1.46. The lowest BCUT2D eigenvalue weighted by Gasteiger charge is -2.06. The molecule has 0 heterocycles. The zero-order valence-electron chi connectivity index (χ0n) is 14.8. The third-order valence-corrected chi connectivity index (χ3v) is 7.22. The van der Waals surface area contributed by atoms with Crippen molar-refractivity contribution in [2.75, 3.05) is 0 Å². The van der Waals surface area contributed by atoms with E-state index in [1.165, 1.54) is 32.0 Å². The molecule has 0 nitrogen and oxygen atoms in total. The highest BCUT2D eigenvalue weighted by atomic mass is 35.5. The number of rotatable bonds is 5. The molecule has 0 atom stereocenters. The van der Waals surface area contributed by atoms with Crippen molar-refractivity contribution in [3.63, 3.8) is 0 Å². The van der Waals surface area contributed by atoms with E-state index in [-0.39, 0.29) is 0 Å². The first kappa shape index (κ1) is 19.5. The summed E-state index contributed by atoms with van der Waals surface area (Å²) in [6.45, 7) is 0. The predicted octanol–water partition coefficient (Wildman–Crippen LogP) is 9.13. The first-order chi connectivity index (χ1) is 13.7. The van der Waals surface area contributed by atoms with Gasteiger partial charge in [0.15, 0.2) is 0 Å². The van der Waals surface area contributed by atoms with Crippen molar-refractivity contribution >= 4 is 44.8 Å². The standard InChI is InChI=1S/C24H16Cl2S2/c25-21-9-1-17(2-10-21)19-5-13-23(14-6-19)27-28-24-15-7-20(8-16-24)18-3-11-22(26)12-4-18/h1-16H. The summed E-state index contributed by atoms with van der Waals surface area (Å²) in [5.41, 5.74) is 4.73. The summed E-state index contributed by atoms with van der Waals surface area (Å²) in [4.78, 5) is 2.45. The molecule has 0 spiro atoms. The first-order valence-corrected chi connectivity index (χ1v) is 11.6. The molecular weight excluding hydrogens is 423 g/mol. The van der Waals surface area contributed by atoms with Crippen molar-refractivity contribution in [3.8, 4) is 22.3 Å². The van der Waals surface area contributed by atoms with Gasteiger partial charge >= 0.3 is 0 Å². The maximum absolute atomic E-state index is 5.96. The molecule has 0 radical (unpaired) electrons. The van der Waals surface area contributed by atoms with Crippen LogP contribution >= 0.6 is 44.8 Å². The minimum Gasteiger partial charge on any atom is -0.0843 e. The van der Waals surface area contributed by atoms with E-state index in [4.69, 9.17) is 23.2 Å². The number of hydrogen-bond donors (Lipinski definition) is 0. The Hall–Kier alpha value is -1.84. The maximum Gasteiger partial charge on any atom is 0.0406 e. The van der Waals surface area contributed by atoms with Crippen molar-refractivity contribution < 1.29 is 0 Å². The Kier molecular flexibility index (Phi) is 6.33. The second-order valence-corrected chi connectivity index (χ2v) is 9.38. The Morgan fingerprint density at radius 1 is 0.357 bits per heavy atom. The van der Waals surface area contributed by atoms with Gasteiger partial charge in [-0.05, 0) is 70.8 Å². The van der Waals surface area contributed by atoms with Gasteiger partial charge in [-0.15, -0.1) is 0 Å². The molecule has 0 saturated heterocycles. The van der Waals surface area contributed by atoms with Crippen LogP contribution in [0.25, 0.3) is 22.3 Å². The Morgan fingerprint density at radius 3 is 0.893 bits per heavy atom. The van der Waals surface area contributed by atoms with Crippen molar-refractivity contribution in [1.29, 1.82) is 0 Å². The summed E-state index contributed by atoms with van der Waals surface area (Å²) >= 11 is 11.9. The van der Waals surface area contributed by atoms with Crippen LogP contribution in [-0.2, 0) is 0 Å². The molecule has 0 fully saturated rings. The van der Waals surface area contributed by atoms with Crippen LogP contribution in [0.1, 0.15) is 0 Å². The second-order valence-electron chi connectivity index (χ2n) is 6.23. The largest absolute Gasteiger partial charge is 0.0843 e. The van der Waals surface area contributed by atoms with E-state index in [0.717, 1.165) is 10.0 Å². The highest BCUT2D eigenvalue weighted by molar-refractivity contribution is 8.76. The van der Waals surface area contributed by atoms with E-state index >= 15 is 0 Å². The monoisotopic (exact) mass is 438 g/mol. The molecule has 28 heavy (non-hydrogen) atoms. The molecule has 138 valence electrons.